The van der Waals surface area contributed by atoms with Crippen LogP contribution in [0.5, 0.6) is 0 Å². The molecule has 0 spiro atoms. The number of anilines is 2. The summed E-state index contributed by atoms with van der Waals surface area (Å²) >= 11 is 6.72. The summed E-state index contributed by atoms with van der Waals surface area (Å²) in [5.74, 6) is 0. The minimum atomic E-state index is 0.0210. The third-order valence-corrected chi connectivity index (χ3v) is 7.12. The maximum atomic E-state index is 6.72. The number of nitrogens with zero attached hydrogens (tertiary/aromatic N) is 1. The van der Waals surface area contributed by atoms with Gasteiger partial charge in [-0.25, -0.2) is 0 Å². The fourth-order valence-electron chi connectivity index (χ4n) is 4.76. The molecule has 2 aromatic carbocycles. The summed E-state index contributed by atoms with van der Waals surface area (Å²) in [7, 11) is 0. The predicted octanol–water partition coefficient (Wildman–Crippen LogP) is 9.99. The van der Waals surface area contributed by atoms with E-state index in [0.717, 1.165) is 17.1 Å². The third-order valence-electron chi connectivity index (χ3n) is 6.90. The number of allylic oxidation sites excluding steroid dienone is 2. The zero-order valence-corrected chi connectivity index (χ0v) is 24.0. The smallest absolute Gasteiger partial charge is 0.0560 e. The lowest BCUT2D eigenvalue weighted by Crippen LogP contribution is -2.32. The number of hydrogen-bond acceptors (Lipinski definition) is 1. The number of hydrogen-bond donors (Lipinski definition) is 0. The van der Waals surface area contributed by atoms with E-state index in [1.54, 1.807) is 0 Å². The lowest BCUT2D eigenvalue weighted by atomic mass is 9.82. The van der Waals surface area contributed by atoms with Gasteiger partial charge in [0, 0.05) is 16.4 Å². The summed E-state index contributed by atoms with van der Waals surface area (Å²) < 4.78 is 0. The molecule has 0 aromatic heterocycles. The van der Waals surface area contributed by atoms with Crippen LogP contribution < -0.4 is 4.90 Å². The number of rotatable bonds is 3. The average molecular weight is 478 g/mol. The zero-order valence-electron chi connectivity index (χ0n) is 23.2. The SMILES string of the molecule is Cc1cc(C(C)(C)C)cc(C)c1N(c1cc(Cl)cc(C(C)(C)C)c1)C1C=CC(C(C)(C)C)=CC1. The Morgan fingerprint density at radius 2 is 1.26 bits per heavy atom. The van der Waals surface area contributed by atoms with Crippen molar-refractivity contribution in [3.8, 4) is 0 Å². The Labute approximate surface area is 213 Å². The van der Waals surface area contributed by atoms with Gasteiger partial charge in [0.15, 0.2) is 0 Å². The van der Waals surface area contributed by atoms with Crippen molar-refractivity contribution in [2.45, 2.75) is 99.5 Å². The van der Waals surface area contributed by atoms with Crippen molar-refractivity contribution >= 4 is 23.0 Å². The molecule has 1 aliphatic carbocycles. The molecule has 1 unspecified atom stereocenters. The van der Waals surface area contributed by atoms with E-state index in [2.05, 4.69) is 130 Å². The molecular weight excluding hydrogens is 434 g/mol. The highest BCUT2D eigenvalue weighted by Crippen LogP contribution is 2.42. The Morgan fingerprint density at radius 1 is 0.735 bits per heavy atom. The molecule has 184 valence electrons. The second-order valence-electron chi connectivity index (χ2n) is 13.1. The highest BCUT2D eigenvalue weighted by molar-refractivity contribution is 6.31. The Balaban J connectivity index is 2.21. The van der Waals surface area contributed by atoms with E-state index in [0.29, 0.717) is 0 Å². The normalized spacial score (nSPS) is 17.1. The minimum Gasteiger partial charge on any atom is -0.334 e. The zero-order chi connectivity index (χ0) is 25.6. The molecule has 2 heteroatoms. The highest BCUT2D eigenvalue weighted by atomic mass is 35.5. The van der Waals surface area contributed by atoms with Crippen molar-refractivity contribution in [3.05, 3.63) is 81.4 Å². The quantitative estimate of drug-likeness (QED) is 0.425. The Hall–Kier alpha value is -1.99. The lowest BCUT2D eigenvalue weighted by Gasteiger charge is -2.38. The van der Waals surface area contributed by atoms with Crippen LogP contribution in [0.25, 0.3) is 0 Å². The van der Waals surface area contributed by atoms with E-state index in [-0.39, 0.29) is 22.3 Å². The average Bonchev–Trinajstić information content (AvgIpc) is 2.68. The maximum absolute atomic E-state index is 6.72. The molecule has 0 N–H and O–H groups in total. The van der Waals surface area contributed by atoms with Gasteiger partial charge in [-0.1, -0.05) is 104 Å². The molecular formula is C32H44ClN. The van der Waals surface area contributed by atoms with Crippen LogP contribution in [0.2, 0.25) is 5.02 Å². The van der Waals surface area contributed by atoms with Gasteiger partial charge >= 0.3 is 0 Å². The molecule has 0 radical (unpaired) electrons. The van der Waals surface area contributed by atoms with Gasteiger partial charge in [0.1, 0.15) is 0 Å². The summed E-state index contributed by atoms with van der Waals surface area (Å²) in [6.07, 6.45) is 8.10. The van der Waals surface area contributed by atoms with E-state index < -0.39 is 0 Å². The molecule has 1 atom stereocenters. The molecule has 3 rings (SSSR count). The first-order chi connectivity index (χ1) is 15.5. The third kappa shape index (κ3) is 5.80. The van der Waals surface area contributed by atoms with E-state index in [9.17, 15) is 0 Å². The summed E-state index contributed by atoms with van der Waals surface area (Å²) in [6, 6.07) is 11.5. The van der Waals surface area contributed by atoms with E-state index in [1.807, 2.05) is 0 Å². The summed E-state index contributed by atoms with van der Waals surface area (Å²) in [5, 5.41) is 0.791. The van der Waals surface area contributed by atoms with Crippen molar-refractivity contribution in [1.29, 1.82) is 0 Å². The lowest BCUT2D eigenvalue weighted by molar-refractivity contribution is 0.510. The van der Waals surface area contributed by atoms with Crippen LogP contribution >= 0.6 is 11.6 Å². The monoisotopic (exact) mass is 477 g/mol. The minimum absolute atomic E-state index is 0.0210. The van der Waals surface area contributed by atoms with Crippen LogP contribution in [0, 0.1) is 19.3 Å². The Kier molecular flexibility index (Phi) is 7.22. The topological polar surface area (TPSA) is 3.24 Å². The number of benzene rings is 2. The van der Waals surface area contributed by atoms with Crippen LogP contribution in [0.15, 0.2) is 54.1 Å². The van der Waals surface area contributed by atoms with Gasteiger partial charge in [-0.15, -0.1) is 0 Å². The second kappa shape index (κ2) is 9.23. The van der Waals surface area contributed by atoms with Crippen molar-refractivity contribution in [3.63, 3.8) is 0 Å². The first-order valence-corrected chi connectivity index (χ1v) is 13.0. The van der Waals surface area contributed by atoms with Crippen LogP contribution in [-0.4, -0.2) is 6.04 Å². The number of halogens is 1. The standard InChI is InChI=1S/C32H44ClN/c1-21-16-24(31(6,7)8)17-22(2)29(21)34(27-14-12-23(13-15-27)30(3,4)5)28-19-25(32(9,10)11)18-26(33)20-28/h12-14,16-20,27H,15H2,1-11H3. The van der Waals surface area contributed by atoms with Crippen LogP contribution in [0.3, 0.4) is 0 Å². The fraction of sp³-hybridized carbons (Fsp3) is 0.500. The molecule has 0 amide bonds. The van der Waals surface area contributed by atoms with Gasteiger partial charge in [0.25, 0.3) is 0 Å². The molecule has 34 heavy (non-hydrogen) atoms. The Morgan fingerprint density at radius 3 is 1.71 bits per heavy atom. The molecule has 1 aliphatic rings. The summed E-state index contributed by atoms with van der Waals surface area (Å²) in [5.41, 5.74) is 9.39. The van der Waals surface area contributed by atoms with Gasteiger partial charge < -0.3 is 4.90 Å². The largest absolute Gasteiger partial charge is 0.334 e. The van der Waals surface area contributed by atoms with Crippen molar-refractivity contribution < 1.29 is 0 Å². The molecule has 0 fully saturated rings. The molecule has 1 nitrogen and oxygen atoms in total. The van der Waals surface area contributed by atoms with Crippen molar-refractivity contribution in [2.75, 3.05) is 4.90 Å². The second-order valence-corrected chi connectivity index (χ2v) is 13.5. The molecule has 0 heterocycles. The van der Waals surface area contributed by atoms with Crippen molar-refractivity contribution in [2.24, 2.45) is 5.41 Å². The van der Waals surface area contributed by atoms with E-state index >= 15 is 0 Å². The van der Waals surface area contributed by atoms with Crippen LogP contribution in [0.1, 0.15) is 91.0 Å². The van der Waals surface area contributed by atoms with Gasteiger partial charge in [-0.2, -0.15) is 0 Å². The summed E-state index contributed by atoms with van der Waals surface area (Å²) in [6.45, 7) is 25.0. The molecule has 0 bridgehead atoms. The summed E-state index contributed by atoms with van der Waals surface area (Å²) in [4.78, 5) is 2.52. The van der Waals surface area contributed by atoms with E-state index in [4.69, 9.17) is 11.6 Å². The van der Waals surface area contributed by atoms with Crippen LogP contribution in [0.4, 0.5) is 11.4 Å². The van der Waals surface area contributed by atoms with Crippen molar-refractivity contribution in [1.82, 2.24) is 0 Å². The first-order valence-electron chi connectivity index (χ1n) is 12.6. The molecule has 2 aromatic rings. The molecule has 0 saturated heterocycles. The van der Waals surface area contributed by atoms with Gasteiger partial charge in [0.05, 0.1) is 6.04 Å². The van der Waals surface area contributed by atoms with Gasteiger partial charge in [-0.05, 0) is 82.5 Å². The molecule has 0 aliphatic heterocycles. The van der Waals surface area contributed by atoms with Gasteiger partial charge in [0.2, 0.25) is 0 Å². The Bertz CT molecular complexity index is 1090. The fourth-order valence-corrected chi connectivity index (χ4v) is 4.99. The van der Waals surface area contributed by atoms with Crippen LogP contribution in [-0.2, 0) is 10.8 Å². The highest BCUT2D eigenvalue weighted by Gasteiger charge is 2.28. The number of aryl methyl sites for hydroxylation is 2. The predicted molar refractivity (Wildman–Crippen MR) is 152 cm³/mol. The first kappa shape index (κ1) is 26.6. The van der Waals surface area contributed by atoms with E-state index in [1.165, 1.54) is 33.5 Å². The molecule has 0 saturated carbocycles. The van der Waals surface area contributed by atoms with Gasteiger partial charge in [-0.3, -0.25) is 0 Å². The maximum Gasteiger partial charge on any atom is 0.0560 e.